The zero-order valence-corrected chi connectivity index (χ0v) is 17.6. The van der Waals surface area contributed by atoms with E-state index in [1.54, 1.807) is 6.92 Å². The molecule has 7 heteroatoms. The molecular formula is C20H27N5OS. The zero-order chi connectivity index (χ0) is 20.2. The van der Waals surface area contributed by atoms with Gasteiger partial charge in [-0.05, 0) is 39.2 Å². The first-order valence-corrected chi connectivity index (χ1v) is 10.0. The van der Waals surface area contributed by atoms with Gasteiger partial charge < -0.3 is 9.88 Å². The van der Waals surface area contributed by atoms with Crippen LogP contribution in [0.2, 0.25) is 0 Å². The quantitative estimate of drug-likeness (QED) is 0.733. The molecule has 0 aliphatic heterocycles. The van der Waals surface area contributed by atoms with E-state index in [0.717, 1.165) is 17.0 Å². The molecule has 0 fully saturated rings. The lowest BCUT2D eigenvalue weighted by Gasteiger charge is -2.28. The van der Waals surface area contributed by atoms with E-state index in [-0.39, 0.29) is 11.8 Å². The van der Waals surface area contributed by atoms with E-state index in [9.17, 15) is 10.1 Å². The van der Waals surface area contributed by atoms with E-state index in [0.29, 0.717) is 11.7 Å². The van der Waals surface area contributed by atoms with Gasteiger partial charge in [0.15, 0.2) is 11.0 Å². The maximum atomic E-state index is 12.6. The number of nitrogens with zero attached hydrogens (tertiary/aromatic N) is 4. The third-order valence-corrected chi connectivity index (χ3v) is 5.92. The smallest absolute Gasteiger partial charge is 0.234 e. The Morgan fingerprint density at radius 3 is 2.56 bits per heavy atom. The van der Waals surface area contributed by atoms with Crippen molar-refractivity contribution in [2.24, 2.45) is 5.92 Å². The summed E-state index contributed by atoms with van der Waals surface area (Å²) in [5.41, 5.74) is 1.27. The van der Waals surface area contributed by atoms with Crippen molar-refractivity contribution in [2.45, 2.75) is 64.0 Å². The predicted molar refractivity (Wildman–Crippen MR) is 108 cm³/mol. The molecule has 0 saturated heterocycles. The van der Waals surface area contributed by atoms with Crippen LogP contribution in [0.1, 0.15) is 40.2 Å². The molecule has 1 amide bonds. The van der Waals surface area contributed by atoms with Gasteiger partial charge in [-0.15, -0.1) is 10.2 Å². The molecule has 2 aromatic rings. The number of benzene rings is 1. The largest absolute Gasteiger partial charge is 0.337 e. The average molecular weight is 386 g/mol. The molecule has 6 nitrogen and oxygen atoms in total. The Bertz CT molecular complexity index is 854. The molecule has 0 spiro atoms. The van der Waals surface area contributed by atoms with Crippen LogP contribution >= 0.6 is 11.8 Å². The molecule has 2 atom stereocenters. The highest BCUT2D eigenvalue weighted by Crippen LogP contribution is 2.29. The zero-order valence-electron chi connectivity index (χ0n) is 16.8. The van der Waals surface area contributed by atoms with Crippen molar-refractivity contribution < 1.29 is 4.79 Å². The van der Waals surface area contributed by atoms with Gasteiger partial charge in [-0.25, -0.2) is 0 Å². The second-order valence-electron chi connectivity index (χ2n) is 7.08. The van der Waals surface area contributed by atoms with Crippen molar-refractivity contribution in [3.05, 3.63) is 29.8 Å². The van der Waals surface area contributed by atoms with E-state index < -0.39 is 10.8 Å². The van der Waals surface area contributed by atoms with E-state index in [4.69, 9.17) is 0 Å². The summed E-state index contributed by atoms with van der Waals surface area (Å²) in [4.78, 5) is 12.6. The number of hydrogen-bond acceptors (Lipinski definition) is 5. The van der Waals surface area contributed by atoms with Gasteiger partial charge >= 0.3 is 0 Å². The lowest BCUT2D eigenvalue weighted by Crippen LogP contribution is -2.51. The van der Waals surface area contributed by atoms with Crippen LogP contribution in [-0.4, -0.2) is 31.5 Å². The van der Waals surface area contributed by atoms with Crippen LogP contribution in [0.15, 0.2) is 29.4 Å². The van der Waals surface area contributed by atoms with Crippen LogP contribution in [0, 0.1) is 24.2 Å². The summed E-state index contributed by atoms with van der Waals surface area (Å²) >= 11 is 1.36. The van der Waals surface area contributed by atoms with Gasteiger partial charge in [-0.1, -0.05) is 49.9 Å². The number of hydrogen-bond donors (Lipinski definition) is 1. The number of rotatable bonds is 7. The predicted octanol–water partition coefficient (Wildman–Crippen LogP) is 3.81. The van der Waals surface area contributed by atoms with Gasteiger partial charge in [-0.2, -0.15) is 5.26 Å². The fourth-order valence-electron chi connectivity index (χ4n) is 2.55. The molecule has 0 aliphatic carbocycles. The first-order chi connectivity index (χ1) is 12.7. The van der Waals surface area contributed by atoms with Crippen molar-refractivity contribution in [1.29, 1.82) is 5.26 Å². The Hall–Kier alpha value is -2.33. The van der Waals surface area contributed by atoms with E-state index >= 15 is 0 Å². The second kappa shape index (κ2) is 8.57. The Balaban J connectivity index is 2.22. The maximum absolute atomic E-state index is 12.6. The number of carbonyl (C=O) groups is 1. The molecule has 27 heavy (non-hydrogen) atoms. The van der Waals surface area contributed by atoms with Gasteiger partial charge in [0.05, 0.1) is 11.3 Å². The summed E-state index contributed by atoms with van der Waals surface area (Å²) in [5, 5.41) is 21.3. The summed E-state index contributed by atoms with van der Waals surface area (Å²) in [5.74, 6) is 0.631. The van der Waals surface area contributed by atoms with Crippen molar-refractivity contribution in [3.63, 3.8) is 0 Å². The Kier molecular flexibility index (Phi) is 6.66. The number of thioether (sulfide) groups is 1. The van der Waals surface area contributed by atoms with Crippen LogP contribution < -0.4 is 5.32 Å². The lowest BCUT2D eigenvalue weighted by molar-refractivity contribution is -0.121. The highest BCUT2D eigenvalue weighted by molar-refractivity contribution is 8.00. The SMILES string of the molecule is CCn1c(S[C@@H](C)C(=O)N[C@](C)(C#N)C(C)C)nnc1-c1ccccc1C. The van der Waals surface area contributed by atoms with Crippen molar-refractivity contribution in [2.75, 3.05) is 0 Å². The molecular weight excluding hydrogens is 358 g/mol. The summed E-state index contributed by atoms with van der Waals surface area (Å²) in [6, 6.07) is 10.3. The Labute approximate surface area is 165 Å². The third kappa shape index (κ3) is 4.51. The normalized spacial score (nSPS) is 14.4. The third-order valence-electron chi connectivity index (χ3n) is 4.84. The fourth-order valence-corrected chi connectivity index (χ4v) is 3.47. The molecule has 0 unspecified atom stereocenters. The van der Waals surface area contributed by atoms with E-state index in [2.05, 4.69) is 21.6 Å². The Morgan fingerprint density at radius 1 is 1.33 bits per heavy atom. The van der Waals surface area contributed by atoms with Crippen LogP contribution in [0.5, 0.6) is 0 Å². The average Bonchev–Trinajstić information content (AvgIpc) is 3.03. The molecule has 0 saturated carbocycles. The van der Waals surface area contributed by atoms with Gasteiger partial charge in [0.25, 0.3) is 0 Å². The highest BCUT2D eigenvalue weighted by atomic mass is 32.2. The van der Waals surface area contributed by atoms with Crippen LogP contribution in [0.3, 0.4) is 0 Å². The topological polar surface area (TPSA) is 83.6 Å². The minimum absolute atomic E-state index is 0.00982. The maximum Gasteiger partial charge on any atom is 0.234 e. The summed E-state index contributed by atoms with van der Waals surface area (Å²) in [6.45, 7) is 12.2. The molecule has 1 N–H and O–H groups in total. The lowest BCUT2D eigenvalue weighted by atomic mass is 9.90. The molecule has 0 bridgehead atoms. The summed E-state index contributed by atoms with van der Waals surface area (Å²) in [6.07, 6.45) is 0. The first-order valence-electron chi connectivity index (χ1n) is 9.12. The highest BCUT2D eigenvalue weighted by Gasteiger charge is 2.32. The molecule has 144 valence electrons. The Morgan fingerprint density at radius 2 is 2.00 bits per heavy atom. The van der Waals surface area contributed by atoms with E-state index in [1.807, 2.05) is 63.5 Å². The van der Waals surface area contributed by atoms with Gasteiger partial charge in [0.1, 0.15) is 5.54 Å². The number of amides is 1. The van der Waals surface area contributed by atoms with Gasteiger partial charge in [0, 0.05) is 12.1 Å². The minimum Gasteiger partial charge on any atom is -0.337 e. The number of aromatic nitrogens is 3. The monoisotopic (exact) mass is 385 g/mol. The summed E-state index contributed by atoms with van der Waals surface area (Å²) < 4.78 is 2.02. The van der Waals surface area contributed by atoms with Crippen molar-refractivity contribution in [3.8, 4) is 17.5 Å². The molecule has 0 aliphatic rings. The second-order valence-corrected chi connectivity index (χ2v) is 8.39. The molecule has 2 rings (SSSR count). The first kappa shape index (κ1) is 21.0. The van der Waals surface area contributed by atoms with Gasteiger partial charge in [0.2, 0.25) is 5.91 Å². The molecule has 1 aromatic heterocycles. The number of nitrogens with one attached hydrogen (secondary N) is 1. The number of nitriles is 1. The molecule has 0 radical (unpaired) electrons. The van der Waals surface area contributed by atoms with Gasteiger partial charge in [-0.3, -0.25) is 4.79 Å². The van der Waals surface area contributed by atoms with Crippen LogP contribution in [0.4, 0.5) is 0 Å². The number of aryl methyl sites for hydroxylation is 1. The van der Waals surface area contributed by atoms with Crippen molar-refractivity contribution >= 4 is 17.7 Å². The number of carbonyl (C=O) groups excluding carboxylic acids is 1. The molecule has 1 heterocycles. The van der Waals surface area contributed by atoms with E-state index in [1.165, 1.54) is 11.8 Å². The van der Waals surface area contributed by atoms with Crippen molar-refractivity contribution in [1.82, 2.24) is 20.1 Å². The minimum atomic E-state index is -0.892. The molecule has 1 aromatic carbocycles. The van der Waals surface area contributed by atoms with Crippen LogP contribution in [-0.2, 0) is 11.3 Å². The van der Waals surface area contributed by atoms with Crippen LogP contribution in [0.25, 0.3) is 11.4 Å². The summed E-state index contributed by atoms with van der Waals surface area (Å²) in [7, 11) is 0. The fraction of sp³-hybridized carbons (Fsp3) is 0.500. The standard InChI is InChI=1S/C20H27N5OS/c1-7-25-17(16-11-9-8-10-14(16)4)23-24-19(25)27-15(5)18(26)22-20(6,12-21)13(2)3/h8-11,13,15H,7H2,1-6H3,(H,22,26)/t15-,20+/m0/s1.